The van der Waals surface area contributed by atoms with Crippen LogP contribution in [0.25, 0.3) is 0 Å². The molecule has 2 aromatic rings. The number of rotatable bonds is 2. The third-order valence-corrected chi connectivity index (χ3v) is 3.87. The molecular formula is C15H16ClN3O2. The van der Waals surface area contributed by atoms with E-state index in [1.54, 1.807) is 23.1 Å². The Morgan fingerprint density at radius 1 is 1.43 bits per heavy atom. The Bertz CT molecular complexity index is 663. The molecule has 0 spiro atoms. The Morgan fingerprint density at radius 2 is 2.24 bits per heavy atom. The average Bonchev–Trinajstić information content (AvgIpc) is 3.04. The maximum atomic E-state index is 12.7. The molecule has 1 unspecified atom stereocenters. The highest BCUT2D eigenvalue weighted by molar-refractivity contribution is 6.31. The first-order chi connectivity index (χ1) is 10.0. The molecule has 3 rings (SSSR count). The number of halogens is 1. The van der Waals surface area contributed by atoms with Crippen LogP contribution >= 0.6 is 11.6 Å². The van der Waals surface area contributed by atoms with Gasteiger partial charge in [0.1, 0.15) is 0 Å². The number of aromatic nitrogens is 1. The van der Waals surface area contributed by atoms with Gasteiger partial charge in [0.15, 0.2) is 5.76 Å². The molecule has 1 aromatic carbocycles. The van der Waals surface area contributed by atoms with Gasteiger partial charge in [-0.2, -0.15) is 0 Å². The van der Waals surface area contributed by atoms with E-state index in [0.717, 1.165) is 24.3 Å². The van der Waals surface area contributed by atoms with Crippen molar-refractivity contribution in [3.05, 3.63) is 46.3 Å². The number of nitrogens with two attached hydrogens (primary N) is 1. The van der Waals surface area contributed by atoms with E-state index in [2.05, 4.69) is 5.16 Å². The van der Waals surface area contributed by atoms with Gasteiger partial charge < -0.3 is 15.2 Å². The van der Waals surface area contributed by atoms with E-state index in [0.29, 0.717) is 22.8 Å². The lowest BCUT2D eigenvalue weighted by Crippen LogP contribution is -2.30. The summed E-state index contributed by atoms with van der Waals surface area (Å²) in [6.45, 7) is 2.56. The lowest BCUT2D eigenvalue weighted by molar-refractivity contribution is 0.0714. The van der Waals surface area contributed by atoms with Crippen molar-refractivity contribution in [3.8, 4) is 0 Å². The van der Waals surface area contributed by atoms with Crippen LogP contribution in [0, 0.1) is 6.92 Å². The van der Waals surface area contributed by atoms with Gasteiger partial charge in [0, 0.05) is 28.9 Å². The smallest absolute Gasteiger partial charge is 0.254 e. The Morgan fingerprint density at radius 3 is 2.90 bits per heavy atom. The van der Waals surface area contributed by atoms with Gasteiger partial charge in [-0.1, -0.05) is 16.8 Å². The van der Waals surface area contributed by atoms with E-state index in [-0.39, 0.29) is 11.9 Å². The maximum absolute atomic E-state index is 12.7. The van der Waals surface area contributed by atoms with E-state index < -0.39 is 0 Å². The van der Waals surface area contributed by atoms with Gasteiger partial charge in [-0.05, 0) is 38.0 Å². The third-order valence-electron chi connectivity index (χ3n) is 3.66. The first-order valence-electron chi connectivity index (χ1n) is 6.85. The summed E-state index contributed by atoms with van der Waals surface area (Å²) >= 11 is 5.98. The summed E-state index contributed by atoms with van der Waals surface area (Å²) in [6.07, 6.45) is 1.81. The van der Waals surface area contributed by atoms with Crippen molar-refractivity contribution in [2.24, 2.45) is 0 Å². The molecule has 1 aliphatic heterocycles. The van der Waals surface area contributed by atoms with Crippen LogP contribution in [0.5, 0.6) is 0 Å². The highest BCUT2D eigenvalue weighted by atomic mass is 35.5. The van der Waals surface area contributed by atoms with Gasteiger partial charge >= 0.3 is 0 Å². The van der Waals surface area contributed by atoms with E-state index in [4.69, 9.17) is 21.9 Å². The van der Waals surface area contributed by atoms with Crippen molar-refractivity contribution in [2.45, 2.75) is 25.8 Å². The molecule has 0 aliphatic carbocycles. The minimum atomic E-state index is -0.0826. The van der Waals surface area contributed by atoms with Crippen LogP contribution in [0.3, 0.4) is 0 Å². The fourth-order valence-electron chi connectivity index (χ4n) is 2.75. The van der Waals surface area contributed by atoms with Crippen molar-refractivity contribution in [1.82, 2.24) is 10.1 Å². The molecule has 1 fully saturated rings. The Hall–Kier alpha value is -2.01. The summed E-state index contributed by atoms with van der Waals surface area (Å²) in [5, 5.41) is 4.36. The molecule has 1 amide bonds. The van der Waals surface area contributed by atoms with Crippen LogP contribution in [0.4, 0.5) is 5.69 Å². The normalized spacial score (nSPS) is 18.2. The van der Waals surface area contributed by atoms with Gasteiger partial charge in [0.2, 0.25) is 0 Å². The number of carbonyl (C=O) groups excluding carboxylic acids is 1. The Kier molecular flexibility index (Phi) is 3.59. The minimum Gasteiger partial charge on any atom is -0.399 e. The zero-order chi connectivity index (χ0) is 15.0. The highest BCUT2D eigenvalue weighted by Gasteiger charge is 2.33. The fourth-order valence-corrected chi connectivity index (χ4v) is 2.99. The molecule has 1 atom stereocenters. The summed E-state index contributed by atoms with van der Waals surface area (Å²) in [5.41, 5.74) is 7.56. The first-order valence-corrected chi connectivity index (χ1v) is 7.22. The third kappa shape index (κ3) is 2.74. The van der Waals surface area contributed by atoms with E-state index in [9.17, 15) is 4.79 Å². The number of amides is 1. The monoisotopic (exact) mass is 305 g/mol. The number of aryl methyl sites for hydroxylation is 1. The lowest BCUT2D eigenvalue weighted by Gasteiger charge is -2.23. The van der Waals surface area contributed by atoms with Crippen LogP contribution in [0.1, 0.15) is 40.7 Å². The van der Waals surface area contributed by atoms with Gasteiger partial charge in [-0.15, -0.1) is 0 Å². The molecule has 0 saturated carbocycles. The maximum Gasteiger partial charge on any atom is 0.254 e. The highest BCUT2D eigenvalue weighted by Crippen LogP contribution is 2.34. The topological polar surface area (TPSA) is 72.4 Å². The molecule has 0 radical (unpaired) electrons. The van der Waals surface area contributed by atoms with Crippen LogP contribution < -0.4 is 5.73 Å². The second kappa shape index (κ2) is 5.41. The van der Waals surface area contributed by atoms with Crippen LogP contribution in [-0.2, 0) is 0 Å². The van der Waals surface area contributed by atoms with Crippen LogP contribution in [0.15, 0.2) is 28.8 Å². The van der Waals surface area contributed by atoms with Crippen molar-refractivity contribution >= 4 is 23.2 Å². The average molecular weight is 306 g/mol. The van der Waals surface area contributed by atoms with Gasteiger partial charge in [0.25, 0.3) is 5.91 Å². The number of nitrogen functional groups attached to an aromatic ring is 1. The van der Waals surface area contributed by atoms with Crippen molar-refractivity contribution in [2.75, 3.05) is 12.3 Å². The number of hydrogen-bond acceptors (Lipinski definition) is 4. The Balaban J connectivity index is 1.89. The van der Waals surface area contributed by atoms with Gasteiger partial charge in [-0.3, -0.25) is 4.79 Å². The number of nitrogens with zero attached hydrogens (tertiary/aromatic N) is 2. The predicted octanol–water partition coefficient (Wildman–Crippen LogP) is 3.20. The second-order valence-electron chi connectivity index (χ2n) is 5.30. The molecule has 2 N–H and O–H groups in total. The quantitative estimate of drug-likeness (QED) is 0.865. The SMILES string of the molecule is Cc1cc(C2CCCN2C(=O)c2cc(N)cc(Cl)c2)on1. The molecule has 1 aliphatic rings. The van der Waals surface area contributed by atoms with Crippen molar-refractivity contribution in [1.29, 1.82) is 0 Å². The summed E-state index contributed by atoms with van der Waals surface area (Å²) in [4.78, 5) is 14.5. The lowest BCUT2D eigenvalue weighted by atomic mass is 10.1. The molecule has 6 heteroatoms. The molecule has 1 aromatic heterocycles. The molecule has 21 heavy (non-hydrogen) atoms. The number of anilines is 1. The fraction of sp³-hybridized carbons (Fsp3) is 0.333. The standard InChI is InChI=1S/C15H16ClN3O2/c1-9-5-14(21-18-9)13-3-2-4-19(13)15(20)10-6-11(16)8-12(17)7-10/h5-8,13H,2-4,17H2,1H3. The molecule has 2 heterocycles. The zero-order valence-corrected chi connectivity index (χ0v) is 12.4. The van der Waals surface area contributed by atoms with E-state index in [1.165, 1.54) is 0 Å². The number of benzene rings is 1. The van der Waals surface area contributed by atoms with Crippen LogP contribution in [0.2, 0.25) is 5.02 Å². The molecular weight excluding hydrogens is 290 g/mol. The molecule has 1 saturated heterocycles. The predicted molar refractivity (Wildman–Crippen MR) is 80.1 cm³/mol. The molecule has 0 bridgehead atoms. The van der Waals surface area contributed by atoms with Gasteiger partial charge in [-0.25, -0.2) is 0 Å². The van der Waals surface area contributed by atoms with Crippen LogP contribution in [-0.4, -0.2) is 22.5 Å². The minimum absolute atomic E-state index is 0.0705. The van der Waals surface area contributed by atoms with Crippen molar-refractivity contribution < 1.29 is 9.32 Å². The number of hydrogen-bond donors (Lipinski definition) is 1. The first kappa shape index (κ1) is 13.9. The van der Waals surface area contributed by atoms with Gasteiger partial charge in [0.05, 0.1) is 11.7 Å². The summed E-state index contributed by atoms with van der Waals surface area (Å²) < 4.78 is 5.32. The number of carbonyl (C=O) groups is 1. The molecule has 110 valence electrons. The van der Waals surface area contributed by atoms with E-state index >= 15 is 0 Å². The van der Waals surface area contributed by atoms with E-state index in [1.807, 2.05) is 13.0 Å². The largest absolute Gasteiger partial charge is 0.399 e. The summed E-state index contributed by atoms with van der Waals surface area (Å²) in [7, 11) is 0. The Labute approximate surface area is 127 Å². The second-order valence-corrected chi connectivity index (χ2v) is 5.74. The number of likely N-dealkylation sites (tertiary alicyclic amines) is 1. The summed E-state index contributed by atoms with van der Waals surface area (Å²) in [6, 6.07) is 6.72. The molecule has 5 nitrogen and oxygen atoms in total. The van der Waals surface area contributed by atoms with Crippen molar-refractivity contribution in [3.63, 3.8) is 0 Å². The zero-order valence-electron chi connectivity index (χ0n) is 11.7. The summed E-state index contributed by atoms with van der Waals surface area (Å²) in [5.74, 6) is 0.647.